The molecule has 2 aromatic rings. The Labute approximate surface area is 123 Å². The summed E-state index contributed by atoms with van der Waals surface area (Å²) in [7, 11) is 0. The van der Waals surface area contributed by atoms with Crippen LogP contribution in [0.1, 0.15) is 18.2 Å². The van der Waals surface area contributed by atoms with Crippen molar-refractivity contribution >= 4 is 29.2 Å². The zero-order valence-corrected chi connectivity index (χ0v) is 12.5. The molecule has 0 aliphatic carbocycles. The fourth-order valence-electron chi connectivity index (χ4n) is 1.72. The van der Waals surface area contributed by atoms with Crippen LogP contribution in [0.15, 0.2) is 42.5 Å². The fourth-order valence-corrected chi connectivity index (χ4v) is 2.95. The smallest absolute Gasteiger partial charge is 0.126 e. The molecule has 1 heterocycles. The molecule has 0 unspecified atom stereocenters. The van der Waals surface area contributed by atoms with Crippen molar-refractivity contribution in [1.82, 2.24) is 4.98 Å². The normalized spacial score (nSPS) is 10.4. The molecular formula is C15H17ClN2S. The van der Waals surface area contributed by atoms with Gasteiger partial charge in [0.1, 0.15) is 5.82 Å². The molecule has 1 aromatic heterocycles. The first-order valence-corrected chi connectivity index (χ1v) is 7.84. The molecule has 1 N–H and O–H groups in total. The van der Waals surface area contributed by atoms with Gasteiger partial charge in [-0.25, -0.2) is 4.98 Å². The van der Waals surface area contributed by atoms with E-state index in [-0.39, 0.29) is 0 Å². The number of halogens is 1. The Hall–Kier alpha value is -1.19. The molecule has 0 aliphatic rings. The Bertz CT molecular complexity index is 531. The number of rotatable bonds is 6. The highest BCUT2D eigenvalue weighted by atomic mass is 35.5. The summed E-state index contributed by atoms with van der Waals surface area (Å²) in [6, 6.07) is 14.1. The van der Waals surface area contributed by atoms with Crippen molar-refractivity contribution in [2.45, 2.75) is 18.4 Å². The maximum atomic E-state index is 6.13. The molecule has 19 heavy (non-hydrogen) atoms. The molecule has 0 aliphatic heterocycles. The van der Waals surface area contributed by atoms with E-state index in [0.717, 1.165) is 34.6 Å². The number of nitrogens with zero attached hydrogens (tertiary/aromatic N) is 1. The summed E-state index contributed by atoms with van der Waals surface area (Å²) in [4.78, 5) is 4.55. The van der Waals surface area contributed by atoms with Gasteiger partial charge in [-0.2, -0.15) is 11.8 Å². The highest BCUT2D eigenvalue weighted by Crippen LogP contribution is 2.23. The SMILES string of the molecule is CCNc1cccc(CSCc2ccccc2Cl)n1. The average molecular weight is 293 g/mol. The number of hydrogen-bond acceptors (Lipinski definition) is 3. The van der Waals surface area contributed by atoms with Gasteiger partial charge in [-0.3, -0.25) is 0 Å². The van der Waals surface area contributed by atoms with E-state index >= 15 is 0 Å². The zero-order valence-electron chi connectivity index (χ0n) is 10.9. The first-order valence-electron chi connectivity index (χ1n) is 6.30. The minimum absolute atomic E-state index is 0.837. The zero-order chi connectivity index (χ0) is 13.5. The molecule has 0 atom stereocenters. The lowest BCUT2D eigenvalue weighted by molar-refractivity contribution is 1.11. The van der Waals surface area contributed by atoms with Gasteiger partial charge in [0.25, 0.3) is 0 Å². The number of pyridine rings is 1. The minimum Gasteiger partial charge on any atom is -0.370 e. The molecule has 100 valence electrons. The topological polar surface area (TPSA) is 24.9 Å². The third-order valence-electron chi connectivity index (χ3n) is 2.63. The Morgan fingerprint density at radius 3 is 2.74 bits per heavy atom. The molecule has 0 saturated carbocycles. The predicted octanol–water partition coefficient (Wildman–Crippen LogP) is 4.60. The van der Waals surface area contributed by atoms with Crippen LogP contribution >= 0.6 is 23.4 Å². The van der Waals surface area contributed by atoms with Crippen LogP contribution in [0.3, 0.4) is 0 Å². The summed E-state index contributed by atoms with van der Waals surface area (Å²) in [6.07, 6.45) is 0. The van der Waals surface area contributed by atoms with E-state index in [1.165, 1.54) is 5.56 Å². The van der Waals surface area contributed by atoms with Crippen LogP contribution in [0.5, 0.6) is 0 Å². The van der Waals surface area contributed by atoms with E-state index in [2.05, 4.69) is 29.4 Å². The van der Waals surface area contributed by atoms with E-state index < -0.39 is 0 Å². The summed E-state index contributed by atoms with van der Waals surface area (Å²) in [6.45, 7) is 2.96. The summed E-state index contributed by atoms with van der Waals surface area (Å²) < 4.78 is 0. The maximum absolute atomic E-state index is 6.13. The quantitative estimate of drug-likeness (QED) is 0.842. The first kappa shape index (κ1) is 14.2. The molecule has 2 rings (SSSR count). The second-order valence-corrected chi connectivity index (χ2v) is 5.52. The minimum atomic E-state index is 0.837. The van der Waals surface area contributed by atoms with Crippen LogP contribution in [-0.2, 0) is 11.5 Å². The van der Waals surface area contributed by atoms with E-state index in [9.17, 15) is 0 Å². The lowest BCUT2D eigenvalue weighted by atomic mass is 10.2. The van der Waals surface area contributed by atoms with Crippen molar-refractivity contribution in [1.29, 1.82) is 0 Å². The molecule has 0 amide bonds. The Balaban J connectivity index is 1.89. The van der Waals surface area contributed by atoms with Gasteiger partial charge < -0.3 is 5.32 Å². The third kappa shape index (κ3) is 4.44. The second kappa shape index (κ2) is 7.41. The second-order valence-electron chi connectivity index (χ2n) is 4.13. The summed E-state index contributed by atoms with van der Waals surface area (Å²) >= 11 is 7.96. The Morgan fingerprint density at radius 1 is 1.11 bits per heavy atom. The van der Waals surface area contributed by atoms with Crippen molar-refractivity contribution in [3.05, 3.63) is 58.7 Å². The molecule has 0 spiro atoms. The van der Waals surface area contributed by atoms with E-state index in [0.29, 0.717) is 0 Å². The number of anilines is 1. The van der Waals surface area contributed by atoms with Crippen LogP contribution in [0.25, 0.3) is 0 Å². The summed E-state index contributed by atoms with van der Waals surface area (Å²) in [5.74, 6) is 2.75. The number of aromatic nitrogens is 1. The predicted molar refractivity (Wildman–Crippen MR) is 84.9 cm³/mol. The number of thioether (sulfide) groups is 1. The largest absolute Gasteiger partial charge is 0.370 e. The van der Waals surface area contributed by atoms with Crippen LogP contribution < -0.4 is 5.32 Å². The molecule has 1 aromatic carbocycles. The molecule has 0 saturated heterocycles. The monoisotopic (exact) mass is 292 g/mol. The molecular weight excluding hydrogens is 276 g/mol. The highest BCUT2D eigenvalue weighted by Gasteiger charge is 2.01. The van der Waals surface area contributed by atoms with Gasteiger partial charge in [0, 0.05) is 23.1 Å². The molecule has 4 heteroatoms. The number of hydrogen-bond donors (Lipinski definition) is 1. The van der Waals surface area contributed by atoms with E-state index in [4.69, 9.17) is 11.6 Å². The summed E-state index contributed by atoms with van der Waals surface area (Å²) in [5.41, 5.74) is 2.27. The van der Waals surface area contributed by atoms with Gasteiger partial charge in [0.2, 0.25) is 0 Å². The van der Waals surface area contributed by atoms with Crippen molar-refractivity contribution in [3.8, 4) is 0 Å². The molecule has 0 fully saturated rings. The molecule has 0 bridgehead atoms. The van der Waals surface area contributed by atoms with Gasteiger partial charge >= 0.3 is 0 Å². The summed E-state index contributed by atoms with van der Waals surface area (Å²) in [5, 5.41) is 4.06. The standard InChI is InChI=1S/C15H17ClN2S/c1-2-17-15-9-5-7-13(18-15)11-19-10-12-6-3-4-8-14(12)16/h3-9H,2,10-11H2,1H3,(H,17,18). The van der Waals surface area contributed by atoms with Crippen LogP contribution in [0.4, 0.5) is 5.82 Å². The van der Waals surface area contributed by atoms with Crippen molar-refractivity contribution in [3.63, 3.8) is 0 Å². The van der Waals surface area contributed by atoms with Crippen molar-refractivity contribution in [2.24, 2.45) is 0 Å². The van der Waals surface area contributed by atoms with Gasteiger partial charge in [0.05, 0.1) is 5.69 Å². The maximum Gasteiger partial charge on any atom is 0.126 e. The lowest BCUT2D eigenvalue weighted by Gasteiger charge is -2.06. The highest BCUT2D eigenvalue weighted by molar-refractivity contribution is 7.97. The number of benzene rings is 1. The van der Waals surface area contributed by atoms with Crippen LogP contribution in [0.2, 0.25) is 5.02 Å². The van der Waals surface area contributed by atoms with Gasteiger partial charge in [-0.05, 0) is 30.7 Å². The Kier molecular flexibility index (Phi) is 5.55. The van der Waals surface area contributed by atoms with Crippen LogP contribution in [0, 0.1) is 0 Å². The third-order valence-corrected chi connectivity index (χ3v) is 4.01. The molecule has 0 radical (unpaired) electrons. The van der Waals surface area contributed by atoms with Crippen molar-refractivity contribution in [2.75, 3.05) is 11.9 Å². The van der Waals surface area contributed by atoms with Gasteiger partial charge in [-0.15, -0.1) is 0 Å². The lowest BCUT2D eigenvalue weighted by Crippen LogP contribution is -2.00. The Morgan fingerprint density at radius 2 is 1.95 bits per heavy atom. The van der Waals surface area contributed by atoms with Crippen LogP contribution in [-0.4, -0.2) is 11.5 Å². The van der Waals surface area contributed by atoms with E-state index in [1.807, 2.05) is 42.1 Å². The van der Waals surface area contributed by atoms with E-state index in [1.54, 1.807) is 0 Å². The first-order chi connectivity index (χ1) is 9.29. The van der Waals surface area contributed by atoms with Crippen molar-refractivity contribution < 1.29 is 0 Å². The van der Waals surface area contributed by atoms with Gasteiger partial charge in [-0.1, -0.05) is 35.9 Å². The molecule has 2 nitrogen and oxygen atoms in total. The number of nitrogens with one attached hydrogen (secondary N) is 1. The van der Waals surface area contributed by atoms with Gasteiger partial charge in [0.15, 0.2) is 0 Å². The average Bonchev–Trinajstić information content (AvgIpc) is 2.42. The fraction of sp³-hybridized carbons (Fsp3) is 0.267.